The average Bonchev–Trinajstić information content (AvgIpc) is 2.35. The second-order valence-electron chi connectivity index (χ2n) is 4.50. The number of benzene rings is 1. The molecule has 0 heterocycles. The lowest BCUT2D eigenvalue weighted by atomic mass is 9.82. The maximum Gasteiger partial charge on any atom is 0.134 e. The summed E-state index contributed by atoms with van der Waals surface area (Å²) in [6.45, 7) is 0. The number of rotatable bonds is 2. The third kappa shape index (κ3) is 2.70. The van der Waals surface area contributed by atoms with Crippen molar-refractivity contribution in [3.8, 4) is 5.75 Å². The molecule has 1 aromatic rings. The molecule has 17 heavy (non-hydrogen) atoms. The Hall–Kier alpha value is -0.440. The summed E-state index contributed by atoms with van der Waals surface area (Å²) in [5.41, 5.74) is 0.892. The highest BCUT2D eigenvalue weighted by Gasteiger charge is 2.26. The first-order chi connectivity index (χ1) is 8.13. The number of phenols is 1. The standard InChI is InChI=1S/C13H16Cl2O2/c1-17-9-4-2-8(3-5-9)12-10(14)6-7-11(16)13(12)15/h6-9,16H,2-5H2,1H3. The molecule has 1 fully saturated rings. The predicted molar refractivity (Wildman–Crippen MR) is 70.1 cm³/mol. The zero-order valence-electron chi connectivity index (χ0n) is 9.75. The van der Waals surface area contributed by atoms with E-state index in [4.69, 9.17) is 27.9 Å². The van der Waals surface area contributed by atoms with Crippen LogP contribution in [0.1, 0.15) is 37.2 Å². The monoisotopic (exact) mass is 274 g/mol. The van der Waals surface area contributed by atoms with E-state index in [1.165, 1.54) is 6.07 Å². The molecule has 0 bridgehead atoms. The van der Waals surface area contributed by atoms with Crippen LogP contribution >= 0.6 is 23.2 Å². The van der Waals surface area contributed by atoms with Crippen molar-refractivity contribution in [2.24, 2.45) is 0 Å². The molecule has 2 rings (SSSR count). The number of ether oxygens (including phenoxy) is 1. The van der Waals surface area contributed by atoms with Crippen LogP contribution in [-0.4, -0.2) is 18.3 Å². The first kappa shape index (κ1) is 13.0. The van der Waals surface area contributed by atoms with Gasteiger partial charge in [0.25, 0.3) is 0 Å². The largest absolute Gasteiger partial charge is 0.506 e. The number of methoxy groups -OCH3 is 1. The van der Waals surface area contributed by atoms with Crippen LogP contribution in [0.2, 0.25) is 10.0 Å². The SMILES string of the molecule is COC1CCC(c2c(Cl)ccc(O)c2Cl)CC1. The van der Waals surface area contributed by atoms with Crippen LogP contribution < -0.4 is 0 Å². The maximum absolute atomic E-state index is 9.64. The van der Waals surface area contributed by atoms with E-state index in [9.17, 15) is 5.11 Å². The first-order valence-electron chi connectivity index (χ1n) is 5.83. The van der Waals surface area contributed by atoms with Crippen molar-refractivity contribution < 1.29 is 9.84 Å². The zero-order valence-corrected chi connectivity index (χ0v) is 11.3. The van der Waals surface area contributed by atoms with Gasteiger partial charge < -0.3 is 9.84 Å². The lowest BCUT2D eigenvalue weighted by molar-refractivity contribution is 0.0659. The molecule has 0 unspecified atom stereocenters. The fourth-order valence-electron chi connectivity index (χ4n) is 2.52. The molecule has 0 spiro atoms. The van der Waals surface area contributed by atoms with Gasteiger partial charge in [-0.2, -0.15) is 0 Å². The summed E-state index contributed by atoms with van der Waals surface area (Å²) in [6, 6.07) is 3.25. The Morgan fingerprint density at radius 1 is 1.18 bits per heavy atom. The fourth-order valence-corrected chi connectivity index (χ4v) is 3.20. The van der Waals surface area contributed by atoms with Gasteiger partial charge in [-0.25, -0.2) is 0 Å². The van der Waals surface area contributed by atoms with E-state index in [2.05, 4.69) is 0 Å². The molecule has 1 aliphatic carbocycles. The third-order valence-corrected chi connectivity index (χ3v) is 4.25. The summed E-state index contributed by atoms with van der Waals surface area (Å²) in [5, 5.41) is 10.7. The Labute approximate surface area is 111 Å². The highest BCUT2D eigenvalue weighted by atomic mass is 35.5. The molecule has 1 aromatic carbocycles. The van der Waals surface area contributed by atoms with Crippen molar-refractivity contribution in [3.05, 3.63) is 27.7 Å². The van der Waals surface area contributed by atoms with Crippen molar-refractivity contribution in [3.63, 3.8) is 0 Å². The van der Waals surface area contributed by atoms with E-state index in [0.717, 1.165) is 31.2 Å². The van der Waals surface area contributed by atoms with E-state index < -0.39 is 0 Å². The van der Waals surface area contributed by atoms with Crippen molar-refractivity contribution >= 4 is 23.2 Å². The Morgan fingerprint density at radius 2 is 1.82 bits per heavy atom. The number of aromatic hydroxyl groups is 1. The normalized spacial score (nSPS) is 24.9. The predicted octanol–water partition coefficient (Wildman–Crippen LogP) is 4.37. The molecule has 0 radical (unpaired) electrons. The molecule has 94 valence electrons. The summed E-state index contributed by atoms with van der Waals surface area (Å²) in [7, 11) is 1.75. The van der Waals surface area contributed by atoms with Crippen LogP contribution in [-0.2, 0) is 4.74 Å². The molecule has 0 aromatic heterocycles. The van der Waals surface area contributed by atoms with Crippen LogP contribution in [0.3, 0.4) is 0 Å². The van der Waals surface area contributed by atoms with E-state index in [1.807, 2.05) is 0 Å². The van der Waals surface area contributed by atoms with Crippen molar-refractivity contribution in [2.75, 3.05) is 7.11 Å². The quantitative estimate of drug-likeness (QED) is 0.868. The average molecular weight is 275 g/mol. The van der Waals surface area contributed by atoms with Crippen LogP contribution in [0, 0.1) is 0 Å². The summed E-state index contributed by atoms with van der Waals surface area (Å²) in [4.78, 5) is 0. The second-order valence-corrected chi connectivity index (χ2v) is 5.29. The van der Waals surface area contributed by atoms with Gasteiger partial charge in [0, 0.05) is 12.1 Å². The highest BCUT2D eigenvalue weighted by molar-refractivity contribution is 6.37. The van der Waals surface area contributed by atoms with Gasteiger partial charge in [0.05, 0.1) is 11.1 Å². The second kappa shape index (κ2) is 5.47. The van der Waals surface area contributed by atoms with Crippen molar-refractivity contribution in [1.82, 2.24) is 0 Å². The molecule has 1 saturated carbocycles. The van der Waals surface area contributed by atoms with Crippen molar-refractivity contribution in [2.45, 2.75) is 37.7 Å². The number of phenolic OH excluding ortho intramolecular Hbond substituents is 1. The van der Waals surface area contributed by atoms with Gasteiger partial charge in [0.1, 0.15) is 5.75 Å². The number of hydrogen-bond acceptors (Lipinski definition) is 2. The lowest BCUT2D eigenvalue weighted by Gasteiger charge is -2.29. The van der Waals surface area contributed by atoms with E-state index in [-0.39, 0.29) is 5.75 Å². The molecule has 4 heteroatoms. The van der Waals surface area contributed by atoms with Crippen molar-refractivity contribution in [1.29, 1.82) is 0 Å². The maximum atomic E-state index is 9.64. The number of halogens is 2. The minimum Gasteiger partial charge on any atom is -0.506 e. The van der Waals surface area contributed by atoms with Gasteiger partial charge in [0.15, 0.2) is 0 Å². The topological polar surface area (TPSA) is 29.5 Å². The van der Waals surface area contributed by atoms with Crippen LogP contribution in [0.4, 0.5) is 0 Å². The van der Waals surface area contributed by atoms with Gasteiger partial charge in [-0.15, -0.1) is 0 Å². The summed E-state index contributed by atoms with van der Waals surface area (Å²) < 4.78 is 5.34. The smallest absolute Gasteiger partial charge is 0.134 e. The molecule has 0 saturated heterocycles. The Morgan fingerprint density at radius 3 is 2.41 bits per heavy atom. The summed E-state index contributed by atoms with van der Waals surface area (Å²) in [6.07, 6.45) is 4.39. The highest BCUT2D eigenvalue weighted by Crippen LogP contribution is 2.43. The van der Waals surface area contributed by atoms with Crippen LogP contribution in [0.15, 0.2) is 12.1 Å². The van der Waals surface area contributed by atoms with Crippen LogP contribution in [0.5, 0.6) is 5.75 Å². The van der Waals surface area contributed by atoms with Gasteiger partial charge in [-0.05, 0) is 49.3 Å². The molecule has 2 nitrogen and oxygen atoms in total. The first-order valence-corrected chi connectivity index (χ1v) is 6.58. The molecule has 1 aliphatic rings. The number of hydrogen-bond donors (Lipinski definition) is 1. The summed E-state index contributed by atoms with van der Waals surface area (Å²) >= 11 is 12.3. The van der Waals surface area contributed by atoms with Gasteiger partial charge in [0.2, 0.25) is 0 Å². The molecule has 0 aliphatic heterocycles. The van der Waals surface area contributed by atoms with Gasteiger partial charge in [-0.3, -0.25) is 0 Å². The Kier molecular flexibility index (Phi) is 4.18. The molecule has 0 amide bonds. The molecular formula is C13H16Cl2O2. The van der Waals surface area contributed by atoms with Gasteiger partial charge in [-0.1, -0.05) is 23.2 Å². The Bertz CT molecular complexity index is 399. The van der Waals surface area contributed by atoms with E-state index in [0.29, 0.717) is 22.1 Å². The third-order valence-electron chi connectivity index (χ3n) is 3.52. The zero-order chi connectivity index (χ0) is 12.4. The minimum absolute atomic E-state index is 0.111. The fraction of sp³-hybridized carbons (Fsp3) is 0.538. The molecular weight excluding hydrogens is 259 g/mol. The minimum atomic E-state index is 0.111. The lowest BCUT2D eigenvalue weighted by Crippen LogP contribution is -2.19. The Balaban J connectivity index is 2.21. The molecule has 1 N–H and O–H groups in total. The van der Waals surface area contributed by atoms with Gasteiger partial charge >= 0.3 is 0 Å². The molecule has 0 atom stereocenters. The van der Waals surface area contributed by atoms with E-state index >= 15 is 0 Å². The van der Waals surface area contributed by atoms with E-state index in [1.54, 1.807) is 13.2 Å². The summed E-state index contributed by atoms with van der Waals surface area (Å²) in [5.74, 6) is 0.438. The van der Waals surface area contributed by atoms with Crippen LogP contribution in [0.25, 0.3) is 0 Å².